The molecule has 1 amide bonds. The molecule has 1 aliphatic carbocycles. The highest BCUT2D eigenvalue weighted by Gasteiger charge is 2.27. The Hall–Kier alpha value is -1.62. The molecule has 1 aromatic rings. The van der Waals surface area contributed by atoms with E-state index in [0.717, 1.165) is 24.1 Å². The van der Waals surface area contributed by atoms with Crippen LogP contribution in [0.1, 0.15) is 24.8 Å². The number of halogens is 1. The van der Waals surface area contributed by atoms with E-state index in [0.29, 0.717) is 18.5 Å². The van der Waals surface area contributed by atoms with Crippen molar-refractivity contribution in [2.75, 3.05) is 10.6 Å². The van der Waals surface area contributed by atoms with Crippen LogP contribution in [0.3, 0.4) is 0 Å². The lowest BCUT2D eigenvalue weighted by atomic mass is 9.87. The standard InChI is InChI=1S/C13H16FN3O/c14-10-3-7-1-2-13(18)17-11(7)6-12(10)16-9-4-8(15)5-9/h3,6,8-9,16H,1-2,4-5,15H2,(H,17,18). The van der Waals surface area contributed by atoms with Gasteiger partial charge in [-0.15, -0.1) is 0 Å². The minimum Gasteiger partial charge on any atom is -0.380 e. The number of benzene rings is 1. The first kappa shape index (κ1) is 11.5. The van der Waals surface area contributed by atoms with Crippen molar-refractivity contribution in [3.05, 3.63) is 23.5 Å². The molecule has 0 saturated heterocycles. The molecule has 18 heavy (non-hydrogen) atoms. The molecule has 3 rings (SSSR count). The Bertz CT molecular complexity index is 497. The third-order valence-electron chi connectivity index (χ3n) is 3.62. The van der Waals surface area contributed by atoms with Crippen LogP contribution in [0.2, 0.25) is 0 Å². The normalized spacial score (nSPS) is 26.0. The van der Waals surface area contributed by atoms with Crippen molar-refractivity contribution in [3.63, 3.8) is 0 Å². The Kier molecular flexibility index (Phi) is 2.70. The molecule has 0 aromatic heterocycles. The van der Waals surface area contributed by atoms with Gasteiger partial charge in [-0.3, -0.25) is 4.79 Å². The molecule has 96 valence electrons. The van der Waals surface area contributed by atoms with E-state index in [1.165, 1.54) is 6.07 Å². The maximum atomic E-state index is 13.9. The highest BCUT2D eigenvalue weighted by Crippen LogP contribution is 2.31. The fourth-order valence-electron chi connectivity index (χ4n) is 2.51. The Morgan fingerprint density at radius 2 is 2.11 bits per heavy atom. The van der Waals surface area contributed by atoms with Gasteiger partial charge in [0.25, 0.3) is 0 Å². The molecular formula is C13H16FN3O. The molecule has 0 bridgehead atoms. The van der Waals surface area contributed by atoms with E-state index in [2.05, 4.69) is 10.6 Å². The van der Waals surface area contributed by atoms with Crippen LogP contribution in [0.15, 0.2) is 12.1 Å². The summed E-state index contributed by atoms with van der Waals surface area (Å²) in [6.07, 6.45) is 2.76. The summed E-state index contributed by atoms with van der Waals surface area (Å²) in [4.78, 5) is 11.3. The zero-order valence-corrected chi connectivity index (χ0v) is 10.0. The summed E-state index contributed by atoms with van der Waals surface area (Å²) < 4.78 is 13.9. The molecule has 1 heterocycles. The summed E-state index contributed by atoms with van der Waals surface area (Å²) in [5.41, 5.74) is 7.74. The first-order valence-electron chi connectivity index (χ1n) is 6.26. The van der Waals surface area contributed by atoms with Crippen LogP contribution in [0.25, 0.3) is 0 Å². The number of fused-ring (bicyclic) bond motifs is 1. The SMILES string of the molecule is NC1CC(Nc2cc3c(cc2F)CCC(=O)N3)C1. The van der Waals surface area contributed by atoms with Crippen LogP contribution in [-0.2, 0) is 11.2 Å². The van der Waals surface area contributed by atoms with Gasteiger partial charge in [-0.1, -0.05) is 0 Å². The van der Waals surface area contributed by atoms with E-state index in [-0.39, 0.29) is 23.8 Å². The molecule has 4 N–H and O–H groups in total. The van der Waals surface area contributed by atoms with Crippen molar-refractivity contribution >= 4 is 17.3 Å². The summed E-state index contributed by atoms with van der Waals surface area (Å²) in [7, 11) is 0. The minimum absolute atomic E-state index is 0.00859. The monoisotopic (exact) mass is 249 g/mol. The van der Waals surface area contributed by atoms with Gasteiger partial charge in [0.05, 0.1) is 5.69 Å². The van der Waals surface area contributed by atoms with Gasteiger partial charge in [0.15, 0.2) is 0 Å². The molecule has 0 spiro atoms. The maximum absolute atomic E-state index is 13.9. The highest BCUT2D eigenvalue weighted by molar-refractivity contribution is 5.94. The van der Waals surface area contributed by atoms with Gasteiger partial charge in [-0.2, -0.15) is 0 Å². The van der Waals surface area contributed by atoms with E-state index in [4.69, 9.17) is 5.73 Å². The molecule has 2 aliphatic rings. The van der Waals surface area contributed by atoms with Crippen LogP contribution >= 0.6 is 0 Å². The molecule has 1 aliphatic heterocycles. The second kappa shape index (κ2) is 4.24. The van der Waals surface area contributed by atoms with E-state index in [9.17, 15) is 9.18 Å². The van der Waals surface area contributed by atoms with Crippen molar-refractivity contribution in [3.8, 4) is 0 Å². The maximum Gasteiger partial charge on any atom is 0.224 e. The van der Waals surface area contributed by atoms with Gasteiger partial charge < -0.3 is 16.4 Å². The molecular weight excluding hydrogens is 233 g/mol. The van der Waals surface area contributed by atoms with Crippen molar-refractivity contribution in [2.45, 2.75) is 37.8 Å². The molecule has 1 saturated carbocycles. The average molecular weight is 249 g/mol. The molecule has 0 unspecified atom stereocenters. The van der Waals surface area contributed by atoms with Gasteiger partial charge in [-0.05, 0) is 37.0 Å². The zero-order valence-electron chi connectivity index (χ0n) is 10.0. The van der Waals surface area contributed by atoms with Crippen molar-refractivity contribution < 1.29 is 9.18 Å². The predicted octanol–water partition coefficient (Wildman–Crippen LogP) is 1.61. The molecule has 1 fully saturated rings. The second-order valence-electron chi connectivity index (χ2n) is 5.11. The lowest BCUT2D eigenvalue weighted by Gasteiger charge is -2.34. The first-order chi connectivity index (χ1) is 8.61. The number of rotatable bonds is 2. The van der Waals surface area contributed by atoms with Crippen LogP contribution in [0, 0.1) is 5.82 Å². The van der Waals surface area contributed by atoms with Crippen LogP contribution in [0.5, 0.6) is 0 Å². The minimum atomic E-state index is -0.259. The Balaban J connectivity index is 1.82. The number of carbonyl (C=O) groups excluding carboxylic acids is 1. The van der Waals surface area contributed by atoms with E-state index in [1.54, 1.807) is 6.07 Å². The number of nitrogens with one attached hydrogen (secondary N) is 2. The van der Waals surface area contributed by atoms with E-state index < -0.39 is 0 Å². The number of amides is 1. The summed E-state index contributed by atoms with van der Waals surface area (Å²) in [5, 5.41) is 5.91. The Labute approximate surface area is 105 Å². The molecule has 0 radical (unpaired) electrons. The van der Waals surface area contributed by atoms with Gasteiger partial charge in [0.2, 0.25) is 5.91 Å². The lowest BCUT2D eigenvalue weighted by molar-refractivity contribution is -0.116. The first-order valence-corrected chi connectivity index (χ1v) is 6.26. The largest absolute Gasteiger partial charge is 0.380 e. The fourth-order valence-corrected chi connectivity index (χ4v) is 2.51. The second-order valence-corrected chi connectivity index (χ2v) is 5.11. The summed E-state index contributed by atoms with van der Waals surface area (Å²) >= 11 is 0. The number of anilines is 2. The van der Waals surface area contributed by atoms with Crippen LogP contribution in [0.4, 0.5) is 15.8 Å². The van der Waals surface area contributed by atoms with Crippen LogP contribution < -0.4 is 16.4 Å². The number of aryl methyl sites for hydroxylation is 1. The van der Waals surface area contributed by atoms with E-state index >= 15 is 0 Å². The number of nitrogens with two attached hydrogens (primary N) is 1. The van der Waals surface area contributed by atoms with Crippen molar-refractivity contribution in [1.29, 1.82) is 0 Å². The topological polar surface area (TPSA) is 67.1 Å². The van der Waals surface area contributed by atoms with Crippen molar-refractivity contribution in [2.24, 2.45) is 5.73 Å². The molecule has 0 atom stereocenters. The number of hydrogen-bond acceptors (Lipinski definition) is 3. The third kappa shape index (κ3) is 2.06. The average Bonchev–Trinajstić information content (AvgIpc) is 2.28. The number of carbonyl (C=O) groups is 1. The predicted molar refractivity (Wildman–Crippen MR) is 68.0 cm³/mol. The summed E-state index contributed by atoms with van der Waals surface area (Å²) in [6, 6.07) is 3.66. The summed E-state index contributed by atoms with van der Waals surface area (Å²) in [5.74, 6) is -0.268. The van der Waals surface area contributed by atoms with Gasteiger partial charge in [0.1, 0.15) is 5.82 Å². The summed E-state index contributed by atoms with van der Waals surface area (Å²) in [6.45, 7) is 0. The van der Waals surface area contributed by atoms with Gasteiger partial charge in [-0.25, -0.2) is 4.39 Å². The Morgan fingerprint density at radius 1 is 1.33 bits per heavy atom. The Morgan fingerprint density at radius 3 is 2.83 bits per heavy atom. The fraction of sp³-hybridized carbons (Fsp3) is 0.462. The zero-order chi connectivity index (χ0) is 12.7. The third-order valence-corrected chi connectivity index (χ3v) is 3.62. The quantitative estimate of drug-likeness (QED) is 0.746. The van der Waals surface area contributed by atoms with E-state index in [1.807, 2.05) is 0 Å². The lowest BCUT2D eigenvalue weighted by Crippen LogP contribution is -2.44. The van der Waals surface area contributed by atoms with Gasteiger partial charge in [0, 0.05) is 24.2 Å². The van der Waals surface area contributed by atoms with Crippen LogP contribution in [-0.4, -0.2) is 18.0 Å². The smallest absolute Gasteiger partial charge is 0.224 e. The van der Waals surface area contributed by atoms with Gasteiger partial charge >= 0.3 is 0 Å². The molecule has 4 nitrogen and oxygen atoms in total. The highest BCUT2D eigenvalue weighted by atomic mass is 19.1. The molecule has 1 aromatic carbocycles. The molecule has 5 heteroatoms. The number of hydrogen-bond donors (Lipinski definition) is 3. The van der Waals surface area contributed by atoms with Crippen molar-refractivity contribution in [1.82, 2.24) is 0 Å².